The SMILES string of the molecule is Cc1ccc(C)c(NC(=O)C(=O)NCC2(O)CCC2)c1. The van der Waals surface area contributed by atoms with Gasteiger partial charge in [0, 0.05) is 12.2 Å². The molecule has 1 aromatic rings. The van der Waals surface area contributed by atoms with Gasteiger partial charge in [-0.3, -0.25) is 9.59 Å². The third kappa shape index (κ3) is 3.36. The minimum absolute atomic E-state index is 0.131. The molecule has 5 nitrogen and oxygen atoms in total. The fourth-order valence-corrected chi connectivity index (χ4v) is 2.14. The van der Waals surface area contributed by atoms with Gasteiger partial charge in [-0.05, 0) is 50.3 Å². The van der Waals surface area contributed by atoms with E-state index in [1.54, 1.807) is 0 Å². The Bertz CT molecular complexity index is 536. The van der Waals surface area contributed by atoms with Gasteiger partial charge in [-0.25, -0.2) is 0 Å². The lowest BCUT2D eigenvalue weighted by Crippen LogP contribution is -2.49. The summed E-state index contributed by atoms with van der Waals surface area (Å²) in [6.07, 6.45) is 2.30. The molecule has 1 aromatic carbocycles. The molecule has 1 aliphatic carbocycles. The highest BCUT2D eigenvalue weighted by atomic mass is 16.3. The molecule has 0 spiro atoms. The number of aliphatic hydroxyl groups is 1. The van der Waals surface area contributed by atoms with E-state index in [0.717, 1.165) is 17.5 Å². The van der Waals surface area contributed by atoms with Crippen molar-refractivity contribution in [2.24, 2.45) is 0 Å². The molecule has 0 aliphatic heterocycles. The van der Waals surface area contributed by atoms with Crippen LogP contribution >= 0.6 is 0 Å². The average molecular weight is 276 g/mol. The van der Waals surface area contributed by atoms with E-state index in [1.807, 2.05) is 32.0 Å². The summed E-state index contributed by atoms with van der Waals surface area (Å²) in [5.41, 5.74) is 1.71. The van der Waals surface area contributed by atoms with Gasteiger partial charge in [-0.2, -0.15) is 0 Å². The van der Waals surface area contributed by atoms with E-state index in [2.05, 4.69) is 10.6 Å². The van der Waals surface area contributed by atoms with Crippen molar-refractivity contribution in [2.75, 3.05) is 11.9 Å². The van der Waals surface area contributed by atoms with E-state index in [4.69, 9.17) is 0 Å². The number of carbonyl (C=O) groups excluding carboxylic acids is 2. The summed E-state index contributed by atoms with van der Waals surface area (Å²) in [6.45, 7) is 3.91. The number of carbonyl (C=O) groups is 2. The second-order valence-electron chi connectivity index (χ2n) is 5.53. The normalized spacial score (nSPS) is 16.1. The molecule has 1 fully saturated rings. The van der Waals surface area contributed by atoms with E-state index >= 15 is 0 Å². The van der Waals surface area contributed by atoms with Crippen molar-refractivity contribution >= 4 is 17.5 Å². The predicted molar refractivity (Wildman–Crippen MR) is 76.4 cm³/mol. The maximum absolute atomic E-state index is 11.8. The molecule has 2 rings (SSSR count). The molecule has 0 heterocycles. The summed E-state index contributed by atoms with van der Waals surface area (Å²) in [5.74, 6) is -1.42. The van der Waals surface area contributed by atoms with Gasteiger partial charge in [-0.1, -0.05) is 12.1 Å². The van der Waals surface area contributed by atoms with Crippen LogP contribution in [0.3, 0.4) is 0 Å². The molecule has 108 valence electrons. The zero-order chi connectivity index (χ0) is 14.8. The Morgan fingerprint density at radius 1 is 1.25 bits per heavy atom. The van der Waals surface area contributed by atoms with Crippen molar-refractivity contribution in [1.82, 2.24) is 5.32 Å². The Morgan fingerprint density at radius 2 is 1.95 bits per heavy atom. The van der Waals surface area contributed by atoms with Crippen LogP contribution in [0.2, 0.25) is 0 Å². The zero-order valence-corrected chi connectivity index (χ0v) is 11.8. The number of amides is 2. The van der Waals surface area contributed by atoms with Gasteiger partial charge in [0.15, 0.2) is 0 Å². The molecule has 0 unspecified atom stereocenters. The Labute approximate surface area is 118 Å². The van der Waals surface area contributed by atoms with Gasteiger partial charge in [-0.15, -0.1) is 0 Å². The molecule has 0 atom stereocenters. The van der Waals surface area contributed by atoms with Crippen LogP contribution < -0.4 is 10.6 Å². The third-order valence-corrected chi connectivity index (χ3v) is 3.71. The largest absolute Gasteiger partial charge is 0.388 e. The highest BCUT2D eigenvalue weighted by molar-refractivity contribution is 6.39. The van der Waals surface area contributed by atoms with Crippen LogP contribution in [0.25, 0.3) is 0 Å². The summed E-state index contributed by atoms with van der Waals surface area (Å²) in [7, 11) is 0. The van der Waals surface area contributed by atoms with Crippen LogP contribution in [0.5, 0.6) is 0 Å². The molecule has 1 aliphatic rings. The molecule has 0 radical (unpaired) electrons. The summed E-state index contributed by atoms with van der Waals surface area (Å²) >= 11 is 0. The van der Waals surface area contributed by atoms with Gasteiger partial charge in [0.1, 0.15) is 0 Å². The number of nitrogens with one attached hydrogen (secondary N) is 2. The van der Waals surface area contributed by atoms with E-state index in [0.29, 0.717) is 18.5 Å². The molecule has 0 aromatic heterocycles. The third-order valence-electron chi connectivity index (χ3n) is 3.71. The fraction of sp³-hybridized carbons (Fsp3) is 0.467. The first-order valence-corrected chi connectivity index (χ1v) is 6.78. The molecule has 5 heteroatoms. The van der Waals surface area contributed by atoms with E-state index in [9.17, 15) is 14.7 Å². The van der Waals surface area contributed by atoms with Gasteiger partial charge < -0.3 is 15.7 Å². The Kier molecular flexibility index (Phi) is 4.09. The number of aryl methyl sites for hydroxylation is 2. The summed E-state index contributed by atoms with van der Waals surface area (Å²) in [6, 6.07) is 5.65. The van der Waals surface area contributed by atoms with Gasteiger partial charge in [0.2, 0.25) is 0 Å². The Morgan fingerprint density at radius 3 is 2.55 bits per heavy atom. The highest BCUT2D eigenvalue weighted by Crippen LogP contribution is 2.30. The number of rotatable bonds is 3. The minimum Gasteiger partial charge on any atom is -0.388 e. The zero-order valence-electron chi connectivity index (χ0n) is 11.8. The standard InChI is InChI=1S/C15H20N2O3/c1-10-4-5-11(2)12(8-10)17-14(19)13(18)16-9-15(20)6-3-7-15/h4-5,8,20H,3,6-7,9H2,1-2H3,(H,16,18)(H,17,19). The van der Waals surface area contributed by atoms with Crippen LogP contribution in [-0.2, 0) is 9.59 Å². The summed E-state index contributed by atoms with van der Waals surface area (Å²) in [5, 5.41) is 14.9. The molecular formula is C15H20N2O3. The van der Waals surface area contributed by atoms with Crippen molar-refractivity contribution in [3.63, 3.8) is 0 Å². The molecule has 3 N–H and O–H groups in total. The monoisotopic (exact) mass is 276 g/mol. The molecular weight excluding hydrogens is 256 g/mol. The van der Waals surface area contributed by atoms with Crippen molar-refractivity contribution < 1.29 is 14.7 Å². The number of anilines is 1. The average Bonchev–Trinajstić information content (AvgIpc) is 2.38. The Hall–Kier alpha value is -1.88. The molecule has 20 heavy (non-hydrogen) atoms. The van der Waals surface area contributed by atoms with Crippen LogP contribution in [0, 0.1) is 13.8 Å². The number of benzene rings is 1. The highest BCUT2D eigenvalue weighted by Gasteiger charge is 2.35. The van der Waals surface area contributed by atoms with E-state index < -0.39 is 17.4 Å². The molecule has 2 amide bonds. The van der Waals surface area contributed by atoms with Gasteiger partial charge >= 0.3 is 11.8 Å². The predicted octanol–water partition coefficient (Wildman–Crippen LogP) is 1.27. The molecule has 0 saturated heterocycles. The Balaban J connectivity index is 1.90. The van der Waals surface area contributed by atoms with Crippen molar-refractivity contribution in [3.05, 3.63) is 29.3 Å². The van der Waals surface area contributed by atoms with E-state index in [1.165, 1.54) is 0 Å². The quantitative estimate of drug-likeness (QED) is 0.728. The topological polar surface area (TPSA) is 78.4 Å². The minimum atomic E-state index is -0.824. The first kappa shape index (κ1) is 14.5. The summed E-state index contributed by atoms with van der Waals surface area (Å²) in [4.78, 5) is 23.5. The van der Waals surface area contributed by atoms with Crippen molar-refractivity contribution in [2.45, 2.75) is 38.7 Å². The van der Waals surface area contributed by atoms with Crippen LogP contribution in [0.4, 0.5) is 5.69 Å². The second kappa shape index (κ2) is 5.63. The number of hydrogen-bond donors (Lipinski definition) is 3. The van der Waals surface area contributed by atoms with Crippen molar-refractivity contribution in [3.8, 4) is 0 Å². The lowest BCUT2D eigenvalue weighted by molar-refractivity contribution is -0.137. The first-order valence-electron chi connectivity index (χ1n) is 6.78. The summed E-state index contributed by atoms with van der Waals surface area (Å²) < 4.78 is 0. The second-order valence-corrected chi connectivity index (χ2v) is 5.53. The van der Waals surface area contributed by atoms with E-state index in [-0.39, 0.29) is 6.54 Å². The van der Waals surface area contributed by atoms with Crippen LogP contribution in [0.15, 0.2) is 18.2 Å². The first-order chi connectivity index (χ1) is 9.39. The van der Waals surface area contributed by atoms with Crippen LogP contribution in [0.1, 0.15) is 30.4 Å². The van der Waals surface area contributed by atoms with Crippen LogP contribution in [-0.4, -0.2) is 29.1 Å². The van der Waals surface area contributed by atoms with Gasteiger partial charge in [0.25, 0.3) is 0 Å². The lowest BCUT2D eigenvalue weighted by Gasteiger charge is -2.36. The lowest BCUT2D eigenvalue weighted by atomic mass is 9.80. The fourth-order valence-electron chi connectivity index (χ4n) is 2.14. The smallest absolute Gasteiger partial charge is 0.313 e. The molecule has 1 saturated carbocycles. The van der Waals surface area contributed by atoms with Gasteiger partial charge in [0.05, 0.1) is 5.60 Å². The maximum Gasteiger partial charge on any atom is 0.313 e. The maximum atomic E-state index is 11.8. The number of hydrogen-bond acceptors (Lipinski definition) is 3. The molecule has 0 bridgehead atoms. The van der Waals surface area contributed by atoms with Crippen molar-refractivity contribution in [1.29, 1.82) is 0 Å².